The molecule has 2 nitrogen and oxygen atoms in total. The maximum Gasteiger partial charge on any atom is 0.0671 e. The van der Waals surface area contributed by atoms with Crippen molar-refractivity contribution < 1.29 is 0 Å². The van der Waals surface area contributed by atoms with E-state index in [4.69, 9.17) is 5.73 Å². The predicted octanol–water partition coefficient (Wildman–Crippen LogP) is 2.95. The van der Waals surface area contributed by atoms with Crippen LogP contribution in [-0.4, -0.2) is 7.05 Å². The van der Waals surface area contributed by atoms with Gasteiger partial charge in [-0.15, -0.1) is 11.3 Å². The summed E-state index contributed by atoms with van der Waals surface area (Å²) in [7, 11) is 1.99. The average molecular weight is 232 g/mol. The molecule has 3 heteroatoms. The Morgan fingerprint density at radius 3 is 2.38 bits per heavy atom. The SMILES string of the molecule is CNC(c1ccc(N)cc1)c1sccc1C. The summed E-state index contributed by atoms with van der Waals surface area (Å²) < 4.78 is 0. The predicted molar refractivity (Wildman–Crippen MR) is 70.8 cm³/mol. The smallest absolute Gasteiger partial charge is 0.0671 e. The van der Waals surface area contributed by atoms with E-state index < -0.39 is 0 Å². The van der Waals surface area contributed by atoms with E-state index >= 15 is 0 Å². The molecular formula is C13H16N2S. The number of thiophene rings is 1. The largest absolute Gasteiger partial charge is 0.399 e. The number of nitrogens with one attached hydrogen (secondary N) is 1. The number of nitrogen functional groups attached to an aromatic ring is 1. The van der Waals surface area contributed by atoms with Gasteiger partial charge in [0, 0.05) is 10.6 Å². The molecule has 2 rings (SSSR count). The van der Waals surface area contributed by atoms with Crippen molar-refractivity contribution in [2.24, 2.45) is 0 Å². The van der Waals surface area contributed by atoms with Gasteiger partial charge < -0.3 is 11.1 Å². The van der Waals surface area contributed by atoms with Crippen LogP contribution in [0.5, 0.6) is 0 Å². The minimum absolute atomic E-state index is 0.264. The van der Waals surface area contributed by atoms with Crippen molar-refractivity contribution in [2.45, 2.75) is 13.0 Å². The lowest BCUT2D eigenvalue weighted by molar-refractivity contribution is 0.700. The van der Waals surface area contributed by atoms with Gasteiger partial charge in [-0.2, -0.15) is 0 Å². The van der Waals surface area contributed by atoms with E-state index in [9.17, 15) is 0 Å². The van der Waals surface area contributed by atoms with Gasteiger partial charge in [-0.3, -0.25) is 0 Å². The van der Waals surface area contributed by atoms with Crippen molar-refractivity contribution >= 4 is 17.0 Å². The van der Waals surface area contributed by atoms with Crippen LogP contribution in [0.2, 0.25) is 0 Å². The number of aryl methyl sites for hydroxylation is 1. The zero-order chi connectivity index (χ0) is 11.5. The first-order valence-corrected chi connectivity index (χ1v) is 6.17. The zero-order valence-corrected chi connectivity index (χ0v) is 10.3. The quantitative estimate of drug-likeness (QED) is 0.798. The summed E-state index contributed by atoms with van der Waals surface area (Å²) in [6, 6.07) is 10.5. The third kappa shape index (κ3) is 2.10. The van der Waals surface area contributed by atoms with Crippen molar-refractivity contribution in [1.82, 2.24) is 5.32 Å². The summed E-state index contributed by atoms with van der Waals surface area (Å²) in [6.07, 6.45) is 0. The van der Waals surface area contributed by atoms with Crippen LogP contribution in [-0.2, 0) is 0 Å². The molecule has 3 N–H and O–H groups in total. The fraction of sp³-hybridized carbons (Fsp3) is 0.231. The van der Waals surface area contributed by atoms with Gasteiger partial charge >= 0.3 is 0 Å². The zero-order valence-electron chi connectivity index (χ0n) is 9.53. The molecule has 0 amide bonds. The highest BCUT2D eigenvalue weighted by atomic mass is 32.1. The van der Waals surface area contributed by atoms with Crippen LogP contribution in [0.3, 0.4) is 0 Å². The lowest BCUT2D eigenvalue weighted by Crippen LogP contribution is -2.17. The molecule has 16 heavy (non-hydrogen) atoms. The lowest BCUT2D eigenvalue weighted by Gasteiger charge is -2.16. The van der Waals surface area contributed by atoms with Gasteiger partial charge in [-0.25, -0.2) is 0 Å². The molecule has 84 valence electrons. The van der Waals surface area contributed by atoms with Crippen molar-refractivity contribution in [1.29, 1.82) is 0 Å². The van der Waals surface area contributed by atoms with Gasteiger partial charge in [0.2, 0.25) is 0 Å². The van der Waals surface area contributed by atoms with Crippen LogP contribution < -0.4 is 11.1 Å². The molecule has 0 spiro atoms. The van der Waals surface area contributed by atoms with Gasteiger partial charge in [0.15, 0.2) is 0 Å². The minimum atomic E-state index is 0.264. The average Bonchev–Trinajstić information content (AvgIpc) is 2.69. The molecule has 0 saturated carbocycles. The maximum absolute atomic E-state index is 5.70. The van der Waals surface area contributed by atoms with Gasteiger partial charge in [0.1, 0.15) is 0 Å². The van der Waals surface area contributed by atoms with E-state index in [1.807, 2.05) is 19.2 Å². The minimum Gasteiger partial charge on any atom is -0.399 e. The highest BCUT2D eigenvalue weighted by molar-refractivity contribution is 7.10. The highest BCUT2D eigenvalue weighted by Crippen LogP contribution is 2.29. The van der Waals surface area contributed by atoms with E-state index in [1.54, 1.807) is 11.3 Å². The summed E-state index contributed by atoms with van der Waals surface area (Å²) in [4.78, 5) is 1.37. The highest BCUT2D eigenvalue weighted by Gasteiger charge is 2.14. The topological polar surface area (TPSA) is 38.0 Å². The van der Waals surface area contributed by atoms with Crippen molar-refractivity contribution in [3.63, 3.8) is 0 Å². The van der Waals surface area contributed by atoms with Crippen molar-refractivity contribution in [3.05, 3.63) is 51.7 Å². The molecule has 2 aromatic rings. The number of rotatable bonds is 3. The molecule has 1 unspecified atom stereocenters. The second kappa shape index (κ2) is 4.68. The van der Waals surface area contributed by atoms with Crippen LogP contribution in [0.1, 0.15) is 22.0 Å². The fourth-order valence-electron chi connectivity index (χ4n) is 1.82. The standard InChI is InChI=1S/C13H16N2S/c1-9-7-8-16-13(9)12(15-2)10-3-5-11(14)6-4-10/h3-8,12,15H,14H2,1-2H3. The van der Waals surface area contributed by atoms with Crippen molar-refractivity contribution in [2.75, 3.05) is 12.8 Å². The lowest BCUT2D eigenvalue weighted by atomic mass is 10.0. The third-order valence-corrected chi connectivity index (χ3v) is 3.81. The normalized spacial score (nSPS) is 12.6. The summed E-state index contributed by atoms with van der Waals surface area (Å²) in [6.45, 7) is 2.15. The van der Waals surface area contributed by atoms with Crippen LogP contribution in [0.15, 0.2) is 35.7 Å². The Hall–Kier alpha value is -1.32. The van der Waals surface area contributed by atoms with Gasteiger partial charge in [-0.1, -0.05) is 12.1 Å². The molecule has 0 bridgehead atoms. The molecule has 0 aliphatic heterocycles. The Morgan fingerprint density at radius 1 is 1.19 bits per heavy atom. The molecule has 0 saturated heterocycles. The first-order chi connectivity index (χ1) is 7.72. The first kappa shape index (κ1) is 11.2. The van der Waals surface area contributed by atoms with E-state index in [0.29, 0.717) is 0 Å². The maximum atomic E-state index is 5.70. The Kier molecular flexibility index (Phi) is 3.27. The second-order valence-corrected chi connectivity index (χ2v) is 4.80. The fourth-order valence-corrected chi connectivity index (χ4v) is 2.88. The molecule has 0 aliphatic carbocycles. The first-order valence-electron chi connectivity index (χ1n) is 5.29. The monoisotopic (exact) mass is 232 g/mol. The van der Waals surface area contributed by atoms with Gasteiger partial charge in [-0.05, 0) is 48.7 Å². The van der Waals surface area contributed by atoms with Crippen molar-refractivity contribution in [3.8, 4) is 0 Å². The van der Waals surface area contributed by atoms with Crippen LogP contribution in [0.4, 0.5) is 5.69 Å². The molecule has 1 atom stereocenters. The van der Waals surface area contributed by atoms with Gasteiger partial charge in [0.05, 0.1) is 6.04 Å². The molecule has 1 heterocycles. The number of benzene rings is 1. The van der Waals surface area contributed by atoms with Gasteiger partial charge in [0.25, 0.3) is 0 Å². The van der Waals surface area contributed by atoms with E-state index in [1.165, 1.54) is 16.0 Å². The van der Waals surface area contributed by atoms with E-state index in [0.717, 1.165) is 5.69 Å². The van der Waals surface area contributed by atoms with E-state index in [-0.39, 0.29) is 6.04 Å². The number of hydrogen-bond acceptors (Lipinski definition) is 3. The Bertz CT molecular complexity index is 459. The molecule has 1 aromatic heterocycles. The molecule has 0 radical (unpaired) electrons. The summed E-state index contributed by atoms with van der Waals surface area (Å²) in [5.74, 6) is 0. The number of anilines is 1. The van der Waals surface area contributed by atoms with Crippen LogP contribution in [0.25, 0.3) is 0 Å². The van der Waals surface area contributed by atoms with Crippen LogP contribution in [0, 0.1) is 6.92 Å². The number of hydrogen-bond donors (Lipinski definition) is 2. The summed E-state index contributed by atoms with van der Waals surface area (Å²) in [5.41, 5.74) is 9.09. The Labute approximate surface area is 100 Å². The molecule has 0 fully saturated rings. The summed E-state index contributed by atoms with van der Waals surface area (Å²) in [5, 5.41) is 5.48. The third-order valence-electron chi connectivity index (χ3n) is 2.72. The molecule has 1 aromatic carbocycles. The Balaban J connectivity index is 2.37. The second-order valence-electron chi connectivity index (χ2n) is 3.86. The summed E-state index contributed by atoms with van der Waals surface area (Å²) >= 11 is 1.79. The van der Waals surface area contributed by atoms with Crippen LogP contribution >= 0.6 is 11.3 Å². The van der Waals surface area contributed by atoms with E-state index in [2.05, 4.69) is 35.8 Å². The Morgan fingerprint density at radius 2 is 1.88 bits per heavy atom. The molecular weight excluding hydrogens is 216 g/mol. The molecule has 0 aliphatic rings. The number of nitrogens with two attached hydrogens (primary N) is 1.